The molecular weight excluding hydrogens is 354 g/mol. The first-order valence-electron chi connectivity index (χ1n) is 8.91. The Hall–Kier alpha value is -1.93. The molecule has 2 rings (SSSR count). The van der Waals surface area contributed by atoms with E-state index in [2.05, 4.69) is 0 Å². The number of hydrogen-bond donors (Lipinski definition) is 1. The largest absolute Gasteiger partial charge is 0.369 e. The molecule has 8 heteroatoms. The summed E-state index contributed by atoms with van der Waals surface area (Å²) >= 11 is 0. The first-order valence-corrected chi connectivity index (χ1v) is 10.4. The number of carbonyl (C=O) groups is 2. The highest BCUT2D eigenvalue weighted by Crippen LogP contribution is 2.24. The molecule has 2 N–H and O–H groups in total. The lowest BCUT2D eigenvalue weighted by atomic mass is 9.97. The fourth-order valence-electron chi connectivity index (χ4n) is 3.29. The summed E-state index contributed by atoms with van der Waals surface area (Å²) in [6.07, 6.45) is 1.38. The van der Waals surface area contributed by atoms with Crippen molar-refractivity contribution in [1.29, 1.82) is 0 Å². The number of primary amides is 1. The maximum Gasteiger partial charge on any atom is 0.253 e. The van der Waals surface area contributed by atoms with Crippen molar-refractivity contribution < 1.29 is 18.0 Å². The monoisotopic (exact) mass is 381 g/mol. The fourth-order valence-corrected chi connectivity index (χ4v) is 5.00. The number of nitrogens with two attached hydrogens (primary N) is 1. The normalized spacial score (nSPS) is 18.2. The summed E-state index contributed by atoms with van der Waals surface area (Å²) in [6.45, 7) is 6.82. The number of likely N-dealkylation sites (tertiary alicyclic amines) is 1. The predicted molar refractivity (Wildman–Crippen MR) is 99.1 cm³/mol. The summed E-state index contributed by atoms with van der Waals surface area (Å²) in [5.74, 6) is -1.03. The van der Waals surface area contributed by atoms with Crippen molar-refractivity contribution in [2.45, 2.75) is 38.5 Å². The molecule has 0 saturated carbocycles. The van der Waals surface area contributed by atoms with Crippen LogP contribution < -0.4 is 5.73 Å². The van der Waals surface area contributed by atoms with Gasteiger partial charge in [-0.1, -0.05) is 19.9 Å². The molecule has 0 aliphatic carbocycles. The van der Waals surface area contributed by atoms with Crippen LogP contribution >= 0.6 is 0 Å². The zero-order valence-electron chi connectivity index (χ0n) is 15.6. The molecule has 1 aromatic carbocycles. The van der Waals surface area contributed by atoms with Crippen LogP contribution in [0.25, 0.3) is 0 Å². The fraction of sp³-hybridized carbons (Fsp3) is 0.556. The smallest absolute Gasteiger partial charge is 0.253 e. The zero-order chi connectivity index (χ0) is 19.5. The average Bonchev–Trinajstić information content (AvgIpc) is 2.62. The van der Waals surface area contributed by atoms with E-state index >= 15 is 0 Å². The van der Waals surface area contributed by atoms with Gasteiger partial charge in [-0.3, -0.25) is 9.59 Å². The Morgan fingerprint density at radius 3 is 2.50 bits per heavy atom. The minimum atomic E-state index is -3.65. The van der Waals surface area contributed by atoms with E-state index in [0.717, 1.165) is 0 Å². The Morgan fingerprint density at radius 1 is 1.27 bits per heavy atom. The minimum Gasteiger partial charge on any atom is -0.369 e. The van der Waals surface area contributed by atoms with E-state index in [4.69, 9.17) is 5.73 Å². The van der Waals surface area contributed by atoms with E-state index < -0.39 is 15.9 Å². The van der Waals surface area contributed by atoms with Crippen LogP contribution in [0, 0.1) is 12.8 Å². The number of hydrogen-bond acceptors (Lipinski definition) is 4. The van der Waals surface area contributed by atoms with Crippen LogP contribution in [0.15, 0.2) is 23.1 Å². The first-order chi connectivity index (χ1) is 12.2. The summed E-state index contributed by atoms with van der Waals surface area (Å²) < 4.78 is 27.1. The predicted octanol–water partition coefficient (Wildman–Crippen LogP) is 1.36. The van der Waals surface area contributed by atoms with Gasteiger partial charge in [0.05, 0.1) is 10.8 Å². The van der Waals surface area contributed by atoms with Gasteiger partial charge in [0.2, 0.25) is 15.9 Å². The van der Waals surface area contributed by atoms with Gasteiger partial charge in [-0.25, -0.2) is 8.42 Å². The molecule has 0 bridgehead atoms. The van der Waals surface area contributed by atoms with Crippen molar-refractivity contribution in [3.05, 3.63) is 29.3 Å². The molecule has 1 heterocycles. The highest BCUT2D eigenvalue weighted by molar-refractivity contribution is 7.89. The van der Waals surface area contributed by atoms with Gasteiger partial charge in [0.1, 0.15) is 0 Å². The molecule has 144 valence electrons. The molecule has 1 aromatic rings. The number of rotatable bonds is 6. The maximum absolute atomic E-state index is 12.8. The van der Waals surface area contributed by atoms with Crippen LogP contribution in [0.2, 0.25) is 0 Å². The number of piperidine rings is 1. The zero-order valence-corrected chi connectivity index (χ0v) is 16.4. The van der Waals surface area contributed by atoms with E-state index in [1.54, 1.807) is 37.8 Å². The van der Waals surface area contributed by atoms with Crippen LogP contribution in [-0.4, -0.2) is 55.6 Å². The van der Waals surface area contributed by atoms with Gasteiger partial charge in [-0.05, 0) is 37.5 Å². The highest BCUT2D eigenvalue weighted by atomic mass is 32.2. The van der Waals surface area contributed by atoms with Gasteiger partial charge >= 0.3 is 0 Å². The Balaban J connectivity index is 2.34. The second-order valence-corrected chi connectivity index (χ2v) is 8.47. The standard InChI is InChI=1S/C18H27N3O4S/c1-4-21(5-2)26(24,25)16-11-14(9-8-13(16)3)18(23)20-10-6-7-15(12-20)17(19)22/h8-9,11,15H,4-7,10,12H2,1-3H3,(H2,19,22). The molecule has 1 fully saturated rings. The summed E-state index contributed by atoms with van der Waals surface area (Å²) in [7, 11) is -3.65. The quantitative estimate of drug-likeness (QED) is 0.804. The molecule has 1 saturated heterocycles. The van der Waals surface area contributed by atoms with Crippen LogP contribution in [-0.2, 0) is 14.8 Å². The molecule has 26 heavy (non-hydrogen) atoms. The summed E-state index contributed by atoms with van der Waals surface area (Å²) in [6, 6.07) is 4.73. The number of benzene rings is 1. The maximum atomic E-state index is 12.8. The minimum absolute atomic E-state index is 0.149. The topological polar surface area (TPSA) is 101 Å². The van der Waals surface area contributed by atoms with E-state index in [1.807, 2.05) is 0 Å². The lowest BCUT2D eigenvalue weighted by Gasteiger charge is -2.31. The molecule has 0 aromatic heterocycles. The van der Waals surface area contributed by atoms with Crippen molar-refractivity contribution >= 4 is 21.8 Å². The molecule has 1 aliphatic heterocycles. The molecule has 0 radical (unpaired) electrons. The number of aryl methyl sites for hydroxylation is 1. The number of carbonyl (C=O) groups excluding carboxylic acids is 2. The van der Waals surface area contributed by atoms with E-state index in [1.165, 1.54) is 10.4 Å². The third kappa shape index (κ3) is 4.07. The molecule has 1 unspecified atom stereocenters. The van der Waals surface area contributed by atoms with Crippen LogP contribution in [0.5, 0.6) is 0 Å². The average molecular weight is 381 g/mol. The summed E-state index contributed by atoms with van der Waals surface area (Å²) in [5, 5.41) is 0. The summed E-state index contributed by atoms with van der Waals surface area (Å²) in [5.41, 5.74) is 6.28. The Labute approximate surface area is 155 Å². The molecule has 7 nitrogen and oxygen atoms in total. The molecule has 2 amide bonds. The van der Waals surface area contributed by atoms with Gasteiger partial charge in [0.25, 0.3) is 5.91 Å². The van der Waals surface area contributed by atoms with E-state index in [-0.39, 0.29) is 23.3 Å². The second kappa shape index (κ2) is 8.18. The van der Waals surface area contributed by atoms with E-state index in [9.17, 15) is 18.0 Å². The number of sulfonamides is 1. The van der Waals surface area contributed by atoms with Crippen LogP contribution in [0.4, 0.5) is 0 Å². The SMILES string of the molecule is CCN(CC)S(=O)(=O)c1cc(C(=O)N2CCCC(C(N)=O)C2)ccc1C. The molecule has 1 atom stereocenters. The second-order valence-electron chi connectivity index (χ2n) is 6.56. The number of nitrogens with zero attached hydrogens (tertiary/aromatic N) is 2. The van der Waals surface area contributed by atoms with Crippen LogP contribution in [0.1, 0.15) is 42.6 Å². The van der Waals surface area contributed by atoms with Crippen LogP contribution in [0.3, 0.4) is 0 Å². The Bertz CT molecular complexity index is 788. The lowest BCUT2D eigenvalue weighted by molar-refractivity contribution is -0.123. The third-order valence-electron chi connectivity index (χ3n) is 4.87. The summed E-state index contributed by atoms with van der Waals surface area (Å²) in [4.78, 5) is 26.0. The third-order valence-corrected chi connectivity index (χ3v) is 7.06. The lowest BCUT2D eigenvalue weighted by Crippen LogP contribution is -2.44. The van der Waals surface area contributed by atoms with Crippen molar-refractivity contribution in [3.8, 4) is 0 Å². The van der Waals surface area contributed by atoms with Gasteiger partial charge in [-0.2, -0.15) is 4.31 Å². The van der Waals surface area contributed by atoms with Crippen molar-refractivity contribution in [2.75, 3.05) is 26.2 Å². The van der Waals surface area contributed by atoms with Gasteiger partial charge in [0.15, 0.2) is 0 Å². The van der Waals surface area contributed by atoms with Crippen molar-refractivity contribution in [1.82, 2.24) is 9.21 Å². The highest BCUT2D eigenvalue weighted by Gasteiger charge is 2.29. The Kier molecular flexibility index (Phi) is 6.41. The number of amides is 2. The van der Waals surface area contributed by atoms with Gasteiger partial charge in [0, 0.05) is 31.7 Å². The molecule has 0 spiro atoms. The Morgan fingerprint density at radius 2 is 1.92 bits per heavy atom. The molecular formula is C18H27N3O4S. The van der Waals surface area contributed by atoms with Gasteiger partial charge < -0.3 is 10.6 Å². The molecule has 1 aliphatic rings. The van der Waals surface area contributed by atoms with Crippen molar-refractivity contribution in [2.24, 2.45) is 11.7 Å². The van der Waals surface area contributed by atoms with Crippen molar-refractivity contribution in [3.63, 3.8) is 0 Å². The van der Waals surface area contributed by atoms with Gasteiger partial charge in [-0.15, -0.1) is 0 Å². The first kappa shape index (κ1) is 20.4. The van der Waals surface area contributed by atoms with E-state index in [0.29, 0.717) is 43.6 Å².